The fourth-order valence-corrected chi connectivity index (χ4v) is 3.59. The Bertz CT molecular complexity index is 1140. The molecule has 1 aliphatic heterocycles. The molecule has 1 atom stereocenters. The second kappa shape index (κ2) is 8.51. The highest BCUT2D eigenvalue weighted by Gasteiger charge is 2.25. The maximum atomic E-state index is 12.6. The molecular formula is C22H20ClN5O2. The van der Waals surface area contributed by atoms with E-state index in [0.717, 1.165) is 28.6 Å². The summed E-state index contributed by atoms with van der Waals surface area (Å²) in [5, 5.41) is 19.1. The molecule has 1 unspecified atom stereocenters. The number of aromatic nitrogens is 1. The van der Waals surface area contributed by atoms with Gasteiger partial charge in [-0.2, -0.15) is 0 Å². The first-order valence-electron chi connectivity index (χ1n) is 9.50. The van der Waals surface area contributed by atoms with Crippen molar-refractivity contribution in [1.82, 2.24) is 15.2 Å². The van der Waals surface area contributed by atoms with Crippen molar-refractivity contribution in [2.45, 2.75) is 12.5 Å². The van der Waals surface area contributed by atoms with E-state index in [2.05, 4.69) is 10.3 Å². The summed E-state index contributed by atoms with van der Waals surface area (Å²) in [6.45, 7) is 1.22. The smallest absolute Gasteiger partial charge is 0.251 e. The first-order valence-corrected chi connectivity index (χ1v) is 9.88. The van der Waals surface area contributed by atoms with Crippen molar-refractivity contribution in [3.8, 4) is 11.3 Å². The van der Waals surface area contributed by atoms with Gasteiger partial charge in [-0.15, -0.1) is 0 Å². The number of nitrogens with one attached hydrogen (secondary N) is 3. The predicted octanol–water partition coefficient (Wildman–Crippen LogP) is 4.05. The Labute approximate surface area is 178 Å². The first kappa shape index (κ1) is 19.8. The van der Waals surface area contributed by atoms with Gasteiger partial charge in [0.2, 0.25) is 0 Å². The number of amidine groups is 1. The summed E-state index contributed by atoms with van der Waals surface area (Å²) in [5.74, 6) is 0.134. The minimum atomic E-state index is -0.146. The third kappa shape index (κ3) is 4.26. The summed E-state index contributed by atoms with van der Waals surface area (Å²) < 4.78 is 5.42. The highest BCUT2D eigenvalue weighted by Crippen LogP contribution is 2.27. The van der Waals surface area contributed by atoms with E-state index in [9.17, 15) is 4.79 Å². The number of amides is 1. The topological polar surface area (TPSA) is 106 Å². The molecule has 30 heavy (non-hydrogen) atoms. The van der Waals surface area contributed by atoms with Crippen LogP contribution in [-0.4, -0.2) is 45.9 Å². The van der Waals surface area contributed by atoms with E-state index < -0.39 is 0 Å². The van der Waals surface area contributed by atoms with Crippen molar-refractivity contribution >= 4 is 39.5 Å². The van der Waals surface area contributed by atoms with Gasteiger partial charge in [-0.1, -0.05) is 23.7 Å². The van der Waals surface area contributed by atoms with Crippen molar-refractivity contribution in [1.29, 1.82) is 10.8 Å². The second-order valence-electron chi connectivity index (χ2n) is 7.04. The summed E-state index contributed by atoms with van der Waals surface area (Å²) in [7, 11) is 0. The molecule has 1 amide bonds. The fourth-order valence-electron chi connectivity index (χ4n) is 3.53. The summed E-state index contributed by atoms with van der Waals surface area (Å²) in [6, 6.07) is 11.0. The van der Waals surface area contributed by atoms with Gasteiger partial charge in [-0.3, -0.25) is 20.6 Å². The van der Waals surface area contributed by atoms with Gasteiger partial charge < -0.3 is 14.6 Å². The van der Waals surface area contributed by atoms with Gasteiger partial charge in [0, 0.05) is 41.8 Å². The quantitative estimate of drug-likeness (QED) is 0.426. The van der Waals surface area contributed by atoms with Gasteiger partial charge >= 0.3 is 0 Å². The molecule has 8 heteroatoms. The van der Waals surface area contributed by atoms with Crippen LogP contribution in [0.5, 0.6) is 0 Å². The van der Waals surface area contributed by atoms with Crippen LogP contribution in [-0.2, 0) is 0 Å². The Morgan fingerprint density at radius 1 is 1.20 bits per heavy atom. The molecule has 0 bridgehead atoms. The molecule has 1 aliphatic rings. The summed E-state index contributed by atoms with van der Waals surface area (Å²) in [5.41, 5.74) is 3.07. The first-order chi connectivity index (χ1) is 14.5. The van der Waals surface area contributed by atoms with E-state index >= 15 is 0 Å². The van der Waals surface area contributed by atoms with Gasteiger partial charge in [-0.05, 0) is 42.8 Å². The average Bonchev–Trinajstić information content (AvgIpc) is 3.41. The number of allylic oxidation sites excluding steroid dienone is 1. The number of carbonyl (C=O) groups excluding carboxylic acids is 1. The highest BCUT2D eigenvalue weighted by atomic mass is 35.5. The van der Waals surface area contributed by atoms with Crippen LogP contribution in [0.2, 0.25) is 0 Å². The van der Waals surface area contributed by atoms with E-state index in [0.29, 0.717) is 18.7 Å². The number of nitrogens with zero attached hydrogens (tertiary/aromatic N) is 2. The van der Waals surface area contributed by atoms with Crippen molar-refractivity contribution in [2.24, 2.45) is 0 Å². The Hall–Kier alpha value is -3.45. The molecule has 3 aromatic rings. The number of furan rings is 1. The predicted molar refractivity (Wildman–Crippen MR) is 117 cm³/mol. The van der Waals surface area contributed by atoms with E-state index in [1.165, 1.54) is 12.2 Å². The van der Waals surface area contributed by atoms with Crippen LogP contribution in [0.1, 0.15) is 16.8 Å². The molecular weight excluding hydrogens is 402 g/mol. The third-order valence-electron chi connectivity index (χ3n) is 5.05. The van der Waals surface area contributed by atoms with Gasteiger partial charge in [0.15, 0.2) is 0 Å². The molecule has 2 aromatic heterocycles. The maximum absolute atomic E-state index is 12.6. The molecule has 7 nitrogen and oxygen atoms in total. The molecule has 0 aliphatic carbocycles. The minimum Gasteiger partial charge on any atom is -0.464 e. The van der Waals surface area contributed by atoms with Crippen LogP contribution in [0.15, 0.2) is 65.4 Å². The van der Waals surface area contributed by atoms with Crippen molar-refractivity contribution in [3.63, 3.8) is 0 Å². The molecule has 0 radical (unpaired) electrons. The molecule has 3 N–H and O–H groups in total. The normalized spacial score (nSPS) is 16.3. The van der Waals surface area contributed by atoms with E-state index in [-0.39, 0.29) is 23.0 Å². The zero-order valence-electron chi connectivity index (χ0n) is 16.1. The van der Waals surface area contributed by atoms with Gasteiger partial charge in [-0.25, -0.2) is 0 Å². The van der Waals surface area contributed by atoms with Crippen LogP contribution in [0.4, 0.5) is 0 Å². The number of carbonyl (C=O) groups is 1. The third-order valence-corrected chi connectivity index (χ3v) is 5.18. The lowest BCUT2D eigenvalue weighted by molar-refractivity contribution is 0.0939. The average molecular weight is 422 g/mol. The Morgan fingerprint density at radius 2 is 2.00 bits per heavy atom. The molecule has 1 saturated heterocycles. The SMILES string of the molecule is N=C(Cl)/C=C\C(=N)N1CCC(NC(=O)c2ccc(-c3nccc4occc34)cc2)C1. The molecule has 0 spiro atoms. The number of hydrogen-bond acceptors (Lipinski definition) is 5. The molecule has 4 rings (SSSR count). The number of hydrogen-bond donors (Lipinski definition) is 3. The minimum absolute atomic E-state index is 0.0391. The molecule has 3 heterocycles. The van der Waals surface area contributed by atoms with E-state index in [1.807, 2.05) is 29.2 Å². The lowest BCUT2D eigenvalue weighted by atomic mass is 10.1. The van der Waals surface area contributed by atoms with Gasteiger partial charge in [0.25, 0.3) is 5.91 Å². The monoisotopic (exact) mass is 421 g/mol. The zero-order valence-corrected chi connectivity index (χ0v) is 16.8. The van der Waals surface area contributed by atoms with Crippen LogP contribution < -0.4 is 5.32 Å². The van der Waals surface area contributed by atoms with Crippen LogP contribution in [0.25, 0.3) is 22.2 Å². The number of halogens is 1. The molecule has 1 fully saturated rings. The molecule has 0 saturated carbocycles. The summed E-state index contributed by atoms with van der Waals surface area (Å²) in [6.07, 6.45) is 6.96. The number of likely N-dealkylation sites (tertiary alicyclic amines) is 1. The Kier molecular flexibility index (Phi) is 5.63. The van der Waals surface area contributed by atoms with Crippen LogP contribution >= 0.6 is 11.6 Å². The van der Waals surface area contributed by atoms with Crippen molar-refractivity contribution in [3.05, 3.63) is 66.6 Å². The highest BCUT2D eigenvalue weighted by molar-refractivity contribution is 6.67. The van der Waals surface area contributed by atoms with Crippen molar-refractivity contribution in [2.75, 3.05) is 13.1 Å². The lowest BCUT2D eigenvalue weighted by Crippen LogP contribution is -2.38. The van der Waals surface area contributed by atoms with E-state index in [1.54, 1.807) is 24.6 Å². The molecule has 152 valence electrons. The van der Waals surface area contributed by atoms with Crippen molar-refractivity contribution < 1.29 is 9.21 Å². The lowest BCUT2D eigenvalue weighted by Gasteiger charge is -2.17. The number of pyridine rings is 1. The number of fused-ring (bicyclic) bond motifs is 1. The Morgan fingerprint density at radius 3 is 2.77 bits per heavy atom. The standard InChI is InChI=1S/C22H20ClN5O2/c23-19(24)5-6-20(25)28-11-8-16(13-28)27-22(29)15-3-1-14(2-4-15)21-17-9-12-30-18(17)7-10-26-21/h1-7,9-10,12,16,24-25H,8,11,13H2,(H,27,29)/b6-5-,24-19?,25-20?. The van der Waals surface area contributed by atoms with Gasteiger partial charge in [0.1, 0.15) is 16.6 Å². The fraction of sp³-hybridized carbons (Fsp3) is 0.182. The zero-order chi connectivity index (χ0) is 21.1. The second-order valence-corrected chi connectivity index (χ2v) is 7.45. The maximum Gasteiger partial charge on any atom is 0.251 e. The van der Waals surface area contributed by atoms with E-state index in [4.69, 9.17) is 26.8 Å². The Balaban J connectivity index is 1.39. The number of rotatable bonds is 5. The summed E-state index contributed by atoms with van der Waals surface area (Å²) in [4.78, 5) is 18.9. The van der Waals surface area contributed by atoms with Gasteiger partial charge in [0.05, 0.1) is 12.0 Å². The molecule has 1 aromatic carbocycles. The summed E-state index contributed by atoms with van der Waals surface area (Å²) >= 11 is 5.48. The largest absolute Gasteiger partial charge is 0.464 e. The van der Waals surface area contributed by atoms with Crippen LogP contribution in [0.3, 0.4) is 0 Å². The number of benzene rings is 1. The van der Waals surface area contributed by atoms with Crippen LogP contribution in [0, 0.1) is 10.8 Å².